The minimum Gasteiger partial charge on any atom is -0.494 e. The molecule has 4 rings (SSSR count). The Morgan fingerprint density at radius 3 is 2.45 bits per heavy atom. The lowest BCUT2D eigenvalue weighted by Gasteiger charge is -2.34. The Morgan fingerprint density at radius 1 is 1.06 bits per heavy atom. The van der Waals surface area contributed by atoms with Gasteiger partial charge in [0.05, 0.1) is 23.7 Å². The Hall–Kier alpha value is -3.52. The number of benzene rings is 3. The van der Waals surface area contributed by atoms with Crippen LogP contribution in [-0.4, -0.2) is 33.6 Å². The van der Waals surface area contributed by atoms with Gasteiger partial charge >= 0.3 is 0 Å². The van der Waals surface area contributed by atoms with Gasteiger partial charge < -0.3 is 14.8 Å². The highest BCUT2D eigenvalue weighted by Gasteiger charge is 2.37. The minimum absolute atomic E-state index is 0.123. The molecule has 0 bridgehead atoms. The van der Waals surface area contributed by atoms with Crippen molar-refractivity contribution in [3.8, 4) is 11.5 Å². The largest absolute Gasteiger partial charge is 0.494 e. The fourth-order valence-electron chi connectivity index (χ4n) is 3.58. The lowest BCUT2D eigenvalue weighted by molar-refractivity contribution is -0.127. The first-order chi connectivity index (χ1) is 15.9. The molecule has 3 aromatic rings. The van der Waals surface area contributed by atoms with Crippen LogP contribution in [0, 0.1) is 6.92 Å². The molecule has 1 N–H and O–H groups in total. The van der Waals surface area contributed by atoms with Gasteiger partial charge in [-0.15, -0.1) is 0 Å². The first-order valence-corrected chi connectivity index (χ1v) is 12.2. The van der Waals surface area contributed by atoms with Crippen LogP contribution in [-0.2, 0) is 21.4 Å². The van der Waals surface area contributed by atoms with Gasteiger partial charge in [-0.1, -0.05) is 42.0 Å². The van der Waals surface area contributed by atoms with Gasteiger partial charge in [-0.05, 0) is 55.8 Å². The van der Waals surface area contributed by atoms with Crippen LogP contribution < -0.4 is 19.1 Å². The Bertz CT molecular complexity index is 1220. The van der Waals surface area contributed by atoms with Crippen LogP contribution in [0.1, 0.15) is 18.1 Å². The van der Waals surface area contributed by atoms with Gasteiger partial charge in [0, 0.05) is 6.54 Å². The Labute approximate surface area is 194 Å². The number of nitrogens with one attached hydrogen (secondary N) is 1. The van der Waals surface area contributed by atoms with E-state index >= 15 is 0 Å². The van der Waals surface area contributed by atoms with Crippen LogP contribution in [0.5, 0.6) is 11.5 Å². The number of aryl methyl sites for hydroxylation is 1. The van der Waals surface area contributed by atoms with E-state index in [1.165, 1.54) is 4.31 Å². The average molecular weight is 467 g/mol. The summed E-state index contributed by atoms with van der Waals surface area (Å²) < 4.78 is 39.4. The van der Waals surface area contributed by atoms with Gasteiger partial charge in [0.1, 0.15) is 11.5 Å². The van der Waals surface area contributed by atoms with Crippen molar-refractivity contribution >= 4 is 21.6 Å². The maximum absolute atomic E-state index is 13.4. The van der Waals surface area contributed by atoms with Gasteiger partial charge in [0.25, 0.3) is 15.9 Å². The topological polar surface area (TPSA) is 84.9 Å². The van der Waals surface area contributed by atoms with E-state index < -0.39 is 16.1 Å². The van der Waals surface area contributed by atoms with E-state index in [1.807, 2.05) is 38.1 Å². The van der Waals surface area contributed by atoms with Gasteiger partial charge in [-0.2, -0.15) is 0 Å². The van der Waals surface area contributed by atoms with E-state index in [4.69, 9.17) is 9.47 Å². The van der Waals surface area contributed by atoms with Gasteiger partial charge in [0.2, 0.25) is 0 Å². The molecular formula is C25H26N2O5S. The minimum atomic E-state index is -3.88. The standard InChI is InChI=1S/C25H26N2O5S/c1-3-31-20-12-10-19(11-13-20)16-26-25(28)24-17-27(22-6-4-5-7-23(22)32-24)33(29,30)21-14-8-18(2)9-15-21/h4-15,24H,3,16-17H2,1-2H3,(H,26,28). The van der Waals surface area contributed by atoms with Crippen molar-refractivity contribution in [2.24, 2.45) is 0 Å². The van der Waals surface area contributed by atoms with E-state index in [9.17, 15) is 13.2 Å². The molecule has 0 radical (unpaired) electrons. The first-order valence-electron chi connectivity index (χ1n) is 10.7. The maximum atomic E-state index is 13.4. The van der Waals surface area contributed by atoms with Crippen LogP contribution in [0.15, 0.2) is 77.7 Å². The van der Waals surface area contributed by atoms with Crippen LogP contribution in [0.25, 0.3) is 0 Å². The number of amides is 1. The summed E-state index contributed by atoms with van der Waals surface area (Å²) in [5.41, 5.74) is 2.27. The predicted octanol–water partition coefficient (Wildman–Crippen LogP) is 3.67. The molecule has 1 unspecified atom stereocenters. The molecule has 0 saturated heterocycles. The number of sulfonamides is 1. The average Bonchev–Trinajstić information content (AvgIpc) is 2.83. The number of nitrogens with zero attached hydrogens (tertiary/aromatic N) is 1. The molecule has 0 spiro atoms. The number of carbonyl (C=O) groups excluding carboxylic acids is 1. The van der Waals surface area contributed by atoms with E-state index in [-0.39, 0.29) is 23.9 Å². The lowest BCUT2D eigenvalue weighted by Crippen LogP contribution is -2.50. The molecule has 0 saturated carbocycles. The van der Waals surface area contributed by atoms with Crippen molar-refractivity contribution < 1.29 is 22.7 Å². The highest BCUT2D eigenvalue weighted by atomic mass is 32.2. The second-order valence-corrected chi connectivity index (χ2v) is 9.58. The number of carbonyl (C=O) groups is 1. The summed E-state index contributed by atoms with van der Waals surface area (Å²) in [7, 11) is -3.88. The summed E-state index contributed by atoms with van der Waals surface area (Å²) in [6.07, 6.45) is -0.983. The van der Waals surface area contributed by atoms with Crippen molar-refractivity contribution in [3.63, 3.8) is 0 Å². The lowest BCUT2D eigenvalue weighted by atomic mass is 10.2. The molecule has 1 amide bonds. The number of hydrogen-bond acceptors (Lipinski definition) is 5. The van der Waals surface area contributed by atoms with Crippen molar-refractivity contribution in [2.45, 2.75) is 31.4 Å². The molecule has 1 aliphatic heterocycles. The fraction of sp³-hybridized carbons (Fsp3) is 0.240. The summed E-state index contributed by atoms with van der Waals surface area (Å²) in [6, 6.07) is 20.9. The van der Waals surface area contributed by atoms with E-state index in [2.05, 4.69) is 5.32 Å². The molecule has 0 aliphatic carbocycles. The van der Waals surface area contributed by atoms with Gasteiger partial charge in [-0.25, -0.2) is 8.42 Å². The number of para-hydroxylation sites is 2. The van der Waals surface area contributed by atoms with Crippen molar-refractivity contribution in [3.05, 3.63) is 83.9 Å². The normalized spacial score (nSPS) is 15.3. The zero-order chi connectivity index (χ0) is 23.4. The molecule has 8 heteroatoms. The molecule has 7 nitrogen and oxygen atoms in total. The smallest absolute Gasteiger partial charge is 0.264 e. The third-order valence-corrected chi connectivity index (χ3v) is 7.13. The van der Waals surface area contributed by atoms with Crippen molar-refractivity contribution in [2.75, 3.05) is 17.5 Å². The number of rotatable bonds is 7. The molecule has 3 aromatic carbocycles. The number of fused-ring (bicyclic) bond motifs is 1. The Balaban J connectivity index is 1.53. The highest BCUT2D eigenvalue weighted by molar-refractivity contribution is 7.92. The molecule has 1 aliphatic rings. The quantitative estimate of drug-likeness (QED) is 0.574. The van der Waals surface area contributed by atoms with Crippen LogP contribution in [0.3, 0.4) is 0 Å². The molecule has 1 atom stereocenters. The highest BCUT2D eigenvalue weighted by Crippen LogP contribution is 2.36. The van der Waals surface area contributed by atoms with E-state index in [1.54, 1.807) is 48.5 Å². The van der Waals surface area contributed by atoms with E-state index in [0.717, 1.165) is 16.9 Å². The molecule has 0 fully saturated rings. The number of hydrogen-bond donors (Lipinski definition) is 1. The Morgan fingerprint density at radius 2 is 1.76 bits per heavy atom. The second kappa shape index (κ2) is 9.54. The fourth-order valence-corrected chi connectivity index (χ4v) is 5.05. The Kier molecular flexibility index (Phi) is 6.55. The van der Waals surface area contributed by atoms with Crippen LogP contribution in [0.2, 0.25) is 0 Å². The molecule has 172 valence electrons. The summed E-state index contributed by atoms with van der Waals surface area (Å²) in [5.74, 6) is 0.722. The predicted molar refractivity (Wildman–Crippen MR) is 126 cm³/mol. The van der Waals surface area contributed by atoms with Crippen molar-refractivity contribution in [1.82, 2.24) is 5.32 Å². The first kappa shape index (κ1) is 22.7. The zero-order valence-corrected chi connectivity index (χ0v) is 19.3. The zero-order valence-electron chi connectivity index (χ0n) is 18.5. The van der Waals surface area contributed by atoms with E-state index in [0.29, 0.717) is 18.0 Å². The van der Waals surface area contributed by atoms with Crippen LogP contribution in [0.4, 0.5) is 5.69 Å². The summed E-state index contributed by atoms with van der Waals surface area (Å²) in [6.45, 7) is 4.56. The molecular weight excluding hydrogens is 440 g/mol. The maximum Gasteiger partial charge on any atom is 0.264 e. The SMILES string of the molecule is CCOc1ccc(CNC(=O)C2CN(S(=O)(=O)c3ccc(C)cc3)c3ccccc3O2)cc1. The molecule has 33 heavy (non-hydrogen) atoms. The summed E-state index contributed by atoms with van der Waals surface area (Å²) in [4.78, 5) is 13.1. The van der Waals surface area contributed by atoms with Gasteiger partial charge in [0.15, 0.2) is 6.10 Å². The third-order valence-electron chi connectivity index (χ3n) is 5.34. The monoisotopic (exact) mass is 466 g/mol. The third kappa shape index (κ3) is 4.96. The van der Waals surface area contributed by atoms with Crippen molar-refractivity contribution in [1.29, 1.82) is 0 Å². The second-order valence-electron chi connectivity index (χ2n) is 7.72. The number of ether oxygens (including phenoxy) is 2. The number of anilines is 1. The summed E-state index contributed by atoms with van der Waals surface area (Å²) >= 11 is 0. The molecule has 1 heterocycles. The summed E-state index contributed by atoms with van der Waals surface area (Å²) in [5, 5.41) is 2.84. The van der Waals surface area contributed by atoms with Gasteiger partial charge in [-0.3, -0.25) is 9.10 Å². The van der Waals surface area contributed by atoms with Crippen LogP contribution >= 0.6 is 0 Å². The molecule has 0 aromatic heterocycles.